The van der Waals surface area contributed by atoms with E-state index in [2.05, 4.69) is 172 Å². The molecule has 0 atom stereocenters. The molecule has 0 radical (unpaired) electrons. The van der Waals surface area contributed by atoms with Gasteiger partial charge in [0, 0.05) is 50.6 Å². The van der Waals surface area contributed by atoms with Crippen LogP contribution in [0, 0.1) is 12.1 Å². The first kappa shape index (κ1) is 31.0. The molecule has 7 rings (SSSR count). The van der Waals surface area contributed by atoms with Crippen molar-refractivity contribution in [1.82, 2.24) is 18.7 Å². The largest absolute Gasteiger partial charge is 0.319 e. The van der Waals surface area contributed by atoms with Crippen LogP contribution in [-0.4, -0.2) is 18.7 Å². The molecule has 0 aliphatic rings. The van der Waals surface area contributed by atoms with Crippen molar-refractivity contribution in [2.45, 2.75) is 65.3 Å². The SMILES string of the molecule is CC(C)c1ccnc(-n2c3[c-]c(C(C)(C)c4[c-]c(-n5[cH+]n(C(C)(C)C)c6ccccc65)ccc4)ccc3c3ccccc32)c1.[Pt]. The molecule has 230 valence electrons. The molecule has 0 amide bonds. The minimum Gasteiger partial charge on any atom is -0.319 e. The number of fused-ring (bicyclic) bond motifs is 4. The van der Waals surface area contributed by atoms with Crippen LogP contribution in [0.4, 0.5) is 0 Å². The van der Waals surface area contributed by atoms with Gasteiger partial charge < -0.3 is 4.57 Å². The third-order valence-corrected chi connectivity index (χ3v) is 8.99. The maximum Gasteiger partial charge on any atom is 0.188 e. The molecule has 0 N–H and O–H groups in total. The van der Waals surface area contributed by atoms with Crippen LogP contribution < -0.4 is 0 Å². The average molecular weight is 771 g/mol. The number of pyridine rings is 1. The molecule has 5 heteroatoms. The summed E-state index contributed by atoms with van der Waals surface area (Å²) in [5, 5.41) is 2.39. The summed E-state index contributed by atoms with van der Waals surface area (Å²) >= 11 is 0. The van der Waals surface area contributed by atoms with Crippen LogP contribution >= 0.6 is 0 Å². The van der Waals surface area contributed by atoms with E-state index in [9.17, 15) is 0 Å². The molecule has 4 nitrogen and oxygen atoms in total. The molecular weight excluding hydrogens is 732 g/mol. The first-order valence-corrected chi connectivity index (χ1v) is 15.5. The average Bonchev–Trinajstić information content (AvgIpc) is 3.58. The van der Waals surface area contributed by atoms with Crippen LogP contribution in [0.15, 0.2) is 104 Å². The van der Waals surface area contributed by atoms with Gasteiger partial charge in [-0.15, -0.1) is 23.1 Å². The molecule has 45 heavy (non-hydrogen) atoms. The van der Waals surface area contributed by atoms with Gasteiger partial charge in [-0.3, -0.25) is 0 Å². The van der Waals surface area contributed by atoms with Crippen molar-refractivity contribution in [2.75, 3.05) is 0 Å². The van der Waals surface area contributed by atoms with Gasteiger partial charge in [0.15, 0.2) is 17.4 Å². The van der Waals surface area contributed by atoms with Crippen LogP contribution in [0.2, 0.25) is 0 Å². The van der Waals surface area contributed by atoms with E-state index in [-0.39, 0.29) is 32.0 Å². The summed E-state index contributed by atoms with van der Waals surface area (Å²) < 4.78 is 6.88. The van der Waals surface area contributed by atoms with Crippen LogP contribution in [0.5, 0.6) is 0 Å². The number of benzene rings is 4. The number of rotatable bonds is 5. The quantitative estimate of drug-likeness (QED) is 0.160. The van der Waals surface area contributed by atoms with Gasteiger partial charge in [-0.1, -0.05) is 51.4 Å². The van der Waals surface area contributed by atoms with Gasteiger partial charge in [0.2, 0.25) is 0 Å². The Bertz CT molecular complexity index is 2170. The van der Waals surface area contributed by atoms with Crippen LogP contribution in [0.1, 0.15) is 71.1 Å². The summed E-state index contributed by atoms with van der Waals surface area (Å²) in [7, 11) is 0. The Morgan fingerprint density at radius 1 is 0.711 bits per heavy atom. The first-order chi connectivity index (χ1) is 21.0. The maximum absolute atomic E-state index is 4.84. The van der Waals surface area contributed by atoms with Gasteiger partial charge in [0.05, 0.1) is 5.54 Å². The second-order valence-corrected chi connectivity index (χ2v) is 13.7. The standard InChI is InChI=1S/C40H39N4.Pt/c1-27(2)28-21-22-41-38(23-28)44-34-16-9-8-15-32(34)33-20-19-30(25-37(33)44)40(6,7)29-13-12-14-31(24-29)42-26-43(39(3,4)5)36-18-11-10-17-35(36)42;/h8-23,26-27H,1-7H3;/q-1;. The summed E-state index contributed by atoms with van der Waals surface area (Å²) in [6, 6.07) is 40.2. The van der Waals surface area contributed by atoms with Crippen molar-refractivity contribution >= 4 is 32.8 Å². The molecular formula is C40H39N4Pt-. The van der Waals surface area contributed by atoms with Crippen molar-refractivity contribution < 1.29 is 21.1 Å². The fourth-order valence-electron chi connectivity index (χ4n) is 6.36. The molecule has 0 saturated carbocycles. The van der Waals surface area contributed by atoms with Gasteiger partial charge in [-0.25, -0.2) is 14.1 Å². The number of imidazole rings is 1. The number of aromatic nitrogens is 4. The van der Waals surface area contributed by atoms with E-state index in [4.69, 9.17) is 4.98 Å². The molecule has 4 aromatic carbocycles. The predicted octanol–water partition coefficient (Wildman–Crippen LogP) is 10.0. The third kappa shape index (κ3) is 5.24. The Kier molecular flexibility index (Phi) is 7.86. The number of para-hydroxylation sites is 3. The topological polar surface area (TPSA) is 27.7 Å². The Hall–Kier alpha value is -4.01. The predicted molar refractivity (Wildman–Crippen MR) is 183 cm³/mol. The van der Waals surface area contributed by atoms with Crippen molar-refractivity contribution in [3.63, 3.8) is 0 Å². The van der Waals surface area contributed by atoms with E-state index < -0.39 is 0 Å². The molecule has 0 fully saturated rings. The second kappa shape index (κ2) is 11.4. The Morgan fingerprint density at radius 2 is 1.40 bits per heavy atom. The minimum absolute atomic E-state index is 0. The number of nitrogens with zero attached hydrogens (tertiary/aromatic N) is 4. The van der Waals surface area contributed by atoms with E-state index in [0.717, 1.165) is 33.7 Å². The molecule has 3 heterocycles. The van der Waals surface area contributed by atoms with E-state index in [1.54, 1.807) is 0 Å². The molecule has 0 spiro atoms. The van der Waals surface area contributed by atoms with E-state index >= 15 is 0 Å². The minimum atomic E-state index is -0.346. The summed E-state index contributed by atoms with van der Waals surface area (Å²) in [5.41, 5.74) is 8.70. The molecule has 3 aromatic heterocycles. The molecule has 0 aliphatic carbocycles. The molecule has 0 aliphatic heterocycles. The molecule has 0 bridgehead atoms. The van der Waals surface area contributed by atoms with E-state index in [1.165, 1.54) is 27.4 Å². The monoisotopic (exact) mass is 770 g/mol. The van der Waals surface area contributed by atoms with Crippen LogP contribution in [-0.2, 0) is 32.0 Å². The van der Waals surface area contributed by atoms with Crippen molar-refractivity contribution in [2.24, 2.45) is 0 Å². The Labute approximate surface area is 280 Å². The fraction of sp³-hybridized carbons (Fsp3) is 0.250. The number of hydrogen-bond acceptors (Lipinski definition) is 1. The summed E-state index contributed by atoms with van der Waals surface area (Å²) in [6.45, 7) is 15.7. The van der Waals surface area contributed by atoms with E-state index in [1.807, 2.05) is 6.20 Å². The molecule has 0 saturated heterocycles. The zero-order valence-corrected chi connectivity index (χ0v) is 29.3. The number of hydrogen-bond donors (Lipinski definition) is 0. The second-order valence-electron chi connectivity index (χ2n) is 13.7. The van der Waals surface area contributed by atoms with Gasteiger partial charge >= 0.3 is 0 Å². The first-order valence-electron chi connectivity index (χ1n) is 15.5. The smallest absolute Gasteiger partial charge is 0.188 e. The van der Waals surface area contributed by atoms with Gasteiger partial charge in [-0.05, 0) is 73.4 Å². The Morgan fingerprint density at radius 3 is 2.13 bits per heavy atom. The van der Waals surface area contributed by atoms with Crippen LogP contribution in [0.25, 0.3) is 44.3 Å². The zero-order chi connectivity index (χ0) is 30.8. The van der Waals surface area contributed by atoms with E-state index in [0.29, 0.717) is 5.92 Å². The normalized spacial score (nSPS) is 12.4. The van der Waals surface area contributed by atoms with Gasteiger partial charge in [0.1, 0.15) is 5.82 Å². The van der Waals surface area contributed by atoms with Crippen molar-refractivity contribution in [1.29, 1.82) is 0 Å². The zero-order valence-electron chi connectivity index (χ0n) is 27.0. The third-order valence-electron chi connectivity index (χ3n) is 8.99. The Balaban J connectivity index is 0.00000357. The summed E-state index contributed by atoms with van der Waals surface area (Å²) in [5.74, 6) is 1.34. The van der Waals surface area contributed by atoms with Gasteiger partial charge in [-0.2, -0.15) is 35.9 Å². The van der Waals surface area contributed by atoms with Gasteiger partial charge in [0.25, 0.3) is 0 Å². The summed E-state index contributed by atoms with van der Waals surface area (Å²) in [4.78, 5) is 4.84. The molecule has 0 unspecified atom stereocenters. The van der Waals surface area contributed by atoms with Crippen molar-refractivity contribution in [3.8, 4) is 11.5 Å². The fourth-order valence-corrected chi connectivity index (χ4v) is 6.36. The molecule has 7 aromatic rings. The van der Waals surface area contributed by atoms with Crippen LogP contribution in [0.3, 0.4) is 0 Å². The van der Waals surface area contributed by atoms with Crippen molar-refractivity contribution in [3.05, 3.63) is 132 Å². The maximum atomic E-state index is 4.84. The summed E-state index contributed by atoms with van der Waals surface area (Å²) in [6.07, 6.45) is 4.13.